The average molecular weight is 694 g/mol. The molecule has 1 aliphatic heterocycles. The van der Waals surface area contributed by atoms with E-state index in [4.69, 9.17) is 21.1 Å². The van der Waals surface area contributed by atoms with Gasteiger partial charge in [0, 0.05) is 11.6 Å². The smallest absolute Gasteiger partial charge is 0.341 e. The maximum Gasteiger partial charge on any atom is 0.341 e. The first-order valence-corrected chi connectivity index (χ1v) is 17.9. The Morgan fingerprint density at radius 1 is 1.04 bits per heavy atom. The van der Waals surface area contributed by atoms with E-state index in [0.717, 1.165) is 0 Å². The van der Waals surface area contributed by atoms with E-state index in [1.54, 1.807) is 54.6 Å². The summed E-state index contributed by atoms with van der Waals surface area (Å²) in [5.41, 5.74) is 1.20. The average Bonchev–Trinajstić information content (AvgIpc) is 3.31. The first kappa shape index (κ1) is 35.2. The van der Waals surface area contributed by atoms with E-state index in [-0.39, 0.29) is 29.3 Å². The van der Waals surface area contributed by atoms with Gasteiger partial charge in [0.05, 0.1) is 25.0 Å². The van der Waals surface area contributed by atoms with Crippen LogP contribution in [0.3, 0.4) is 0 Å². The van der Waals surface area contributed by atoms with Crippen LogP contribution in [0.15, 0.2) is 77.7 Å². The van der Waals surface area contributed by atoms with Gasteiger partial charge in [-0.2, -0.15) is 4.72 Å². The second kappa shape index (κ2) is 15.8. The number of carbonyl (C=O) groups excluding carboxylic acids is 3. The maximum atomic E-state index is 13.3. The number of halogens is 1. The van der Waals surface area contributed by atoms with Crippen molar-refractivity contribution in [3.05, 3.63) is 94.5 Å². The largest absolute Gasteiger partial charge is 0.493 e. The van der Waals surface area contributed by atoms with E-state index in [2.05, 4.69) is 14.8 Å². The zero-order valence-corrected chi connectivity index (χ0v) is 27.4. The molecule has 5 N–H and O–H groups in total. The standard InChI is InChI=1S/C31H36ClN3O9S2/c1-43-31(38)24-12-6-7-13-27(24)44-17-9-3-8-16-33-30(37)26(34-45(39,40)22-10-4-2-5-11-22)19-21-14-15-23(25(32)18-21)28-20-29(36)35-46(28,41)42/h2,4-7,10-15,18,26,28,34,41-42H,3,8-9,16-17,19-20H2,1H3,(H,33,37)(H,35,36). The summed E-state index contributed by atoms with van der Waals surface area (Å²) in [6.45, 7) is 0.625. The molecule has 0 spiro atoms. The third-order valence-electron chi connectivity index (χ3n) is 7.22. The molecule has 3 aromatic carbocycles. The Kier molecular flexibility index (Phi) is 12.1. The van der Waals surface area contributed by atoms with Crippen LogP contribution in [0.4, 0.5) is 0 Å². The zero-order chi connectivity index (χ0) is 33.3. The fourth-order valence-corrected chi connectivity index (χ4v) is 8.00. The zero-order valence-electron chi connectivity index (χ0n) is 25.0. The molecule has 1 aliphatic rings. The molecule has 2 amide bonds. The van der Waals surface area contributed by atoms with E-state index >= 15 is 0 Å². The highest BCUT2D eigenvalue weighted by molar-refractivity contribution is 8.23. The highest BCUT2D eigenvalue weighted by Gasteiger charge is 2.39. The molecule has 15 heteroatoms. The van der Waals surface area contributed by atoms with Crippen LogP contribution in [-0.2, 0) is 30.8 Å². The van der Waals surface area contributed by atoms with E-state index in [1.165, 1.54) is 25.3 Å². The lowest BCUT2D eigenvalue weighted by atomic mass is 10.0. The van der Waals surface area contributed by atoms with E-state index in [1.807, 2.05) is 0 Å². The number of sulfonamides is 1. The molecular weight excluding hydrogens is 658 g/mol. The molecule has 248 valence electrons. The molecule has 12 nitrogen and oxygen atoms in total. The van der Waals surface area contributed by atoms with Crippen molar-refractivity contribution in [2.24, 2.45) is 0 Å². The molecule has 0 saturated carbocycles. The molecule has 0 bridgehead atoms. The molecule has 1 saturated heterocycles. The molecule has 3 aromatic rings. The molecule has 0 aliphatic carbocycles. The number of amides is 2. The van der Waals surface area contributed by atoms with Crippen LogP contribution in [0.2, 0.25) is 5.02 Å². The normalized spacial score (nSPS) is 17.0. The number of methoxy groups -OCH3 is 1. The van der Waals surface area contributed by atoms with Crippen molar-refractivity contribution in [1.82, 2.24) is 14.8 Å². The molecule has 0 radical (unpaired) electrons. The molecule has 1 heterocycles. The number of carbonyl (C=O) groups is 3. The summed E-state index contributed by atoms with van der Waals surface area (Å²) >= 11 is 6.47. The number of ether oxygens (including phenoxy) is 2. The van der Waals surface area contributed by atoms with Gasteiger partial charge in [0.1, 0.15) is 22.6 Å². The predicted molar refractivity (Wildman–Crippen MR) is 174 cm³/mol. The number of benzene rings is 3. The van der Waals surface area contributed by atoms with Crippen molar-refractivity contribution in [2.75, 3.05) is 20.3 Å². The van der Waals surface area contributed by atoms with Crippen LogP contribution in [0.25, 0.3) is 0 Å². The first-order valence-electron chi connectivity index (χ1n) is 14.4. The molecule has 2 atom stereocenters. The quantitative estimate of drug-likeness (QED) is 0.112. The summed E-state index contributed by atoms with van der Waals surface area (Å²) in [5.74, 6) is -1.11. The monoisotopic (exact) mass is 693 g/mol. The third kappa shape index (κ3) is 9.21. The van der Waals surface area contributed by atoms with E-state index in [0.29, 0.717) is 48.3 Å². The van der Waals surface area contributed by atoms with Gasteiger partial charge in [-0.25, -0.2) is 13.2 Å². The lowest BCUT2D eigenvalue weighted by molar-refractivity contribution is -0.122. The Morgan fingerprint density at radius 2 is 1.76 bits per heavy atom. The highest BCUT2D eigenvalue weighted by atomic mass is 35.5. The van der Waals surface area contributed by atoms with Crippen molar-refractivity contribution < 1.29 is 41.4 Å². The molecular formula is C31H36ClN3O9S2. The van der Waals surface area contributed by atoms with Crippen LogP contribution >= 0.6 is 22.4 Å². The van der Waals surface area contributed by atoms with Gasteiger partial charge in [-0.1, -0.05) is 54.1 Å². The molecule has 2 unspecified atom stereocenters. The van der Waals surface area contributed by atoms with Gasteiger partial charge in [-0.05, 0) is 67.1 Å². The number of para-hydroxylation sites is 1. The molecule has 0 aromatic heterocycles. The second-order valence-electron chi connectivity index (χ2n) is 10.5. The minimum Gasteiger partial charge on any atom is -0.493 e. The summed E-state index contributed by atoms with van der Waals surface area (Å²) in [7, 11) is -6.18. The number of nitrogens with one attached hydrogen (secondary N) is 3. The summed E-state index contributed by atoms with van der Waals surface area (Å²) in [4.78, 5) is 37.0. The number of rotatable bonds is 15. The lowest BCUT2D eigenvalue weighted by Crippen LogP contribution is -2.48. The molecule has 4 rings (SSSR count). The van der Waals surface area contributed by atoms with Gasteiger partial charge in [0.2, 0.25) is 21.8 Å². The first-order chi connectivity index (χ1) is 21.9. The van der Waals surface area contributed by atoms with Crippen LogP contribution in [-0.4, -0.2) is 61.6 Å². The number of unbranched alkanes of at least 4 members (excludes halogenated alkanes) is 2. The third-order valence-corrected chi connectivity index (χ3v) is 10.8. The summed E-state index contributed by atoms with van der Waals surface area (Å²) < 4.78 is 62.0. The van der Waals surface area contributed by atoms with E-state index < -0.39 is 49.9 Å². The fourth-order valence-electron chi connectivity index (χ4n) is 4.88. The Bertz CT molecular complexity index is 1660. The number of hydrogen-bond acceptors (Lipinski definition) is 9. The minimum atomic E-state index is -4.06. The predicted octanol–water partition coefficient (Wildman–Crippen LogP) is 4.61. The van der Waals surface area contributed by atoms with Crippen LogP contribution in [0.1, 0.15) is 52.4 Å². The fraction of sp³-hybridized carbons (Fsp3) is 0.323. The number of esters is 1. The van der Waals surface area contributed by atoms with E-state index in [9.17, 15) is 31.9 Å². The van der Waals surface area contributed by atoms with Crippen molar-refractivity contribution in [2.45, 2.75) is 48.3 Å². The number of hydrogen-bond donors (Lipinski definition) is 5. The van der Waals surface area contributed by atoms with Crippen molar-refractivity contribution in [3.63, 3.8) is 0 Å². The summed E-state index contributed by atoms with van der Waals surface area (Å²) in [6, 6.07) is 17.9. The minimum absolute atomic E-state index is 0.00133. The van der Waals surface area contributed by atoms with Gasteiger partial charge in [0.15, 0.2) is 0 Å². The lowest BCUT2D eigenvalue weighted by Gasteiger charge is -2.33. The molecule has 46 heavy (non-hydrogen) atoms. The summed E-state index contributed by atoms with van der Waals surface area (Å²) in [6.07, 6.45) is 1.73. The Balaban J connectivity index is 1.37. The van der Waals surface area contributed by atoms with Crippen molar-refractivity contribution in [3.8, 4) is 5.75 Å². The van der Waals surface area contributed by atoms with Gasteiger partial charge in [-0.15, -0.1) is 10.8 Å². The highest BCUT2D eigenvalue weighted by Crippen LogP contribution is 2.57. The van der Waals surface area contributed by atoms with Crippen LogP contribution in [0, 0.1) is 0 Å². The summed E-state index contributed by atoms with van der Waals surface area (Å²) in [5, 5.41) is 2.02. The molecule has 1 fully saturated rings. The van der Waals surface area contributed by atoms with Gasteiger partial charge >= 0.3 is 5.97 Å². The Hall–Kier alpha value is -3.66. The van der Waals surface area contributed by atoms with Gasteiger partial charge in [-0.3, -0.25) is 23.4 Å². The van der Waals surface area contributed by atoms with Crippen LogP contribution < -0.4 is 19.5 Å². The second-order valence-corrected chi connectivity index (χ2v) is 14.6. The topological polar surface area (TPSA) is 180 Å². The Morgan fingerprint density at radius 3 is 2.43 bits per heavy atom. The Labute approximate surface area is 274 Å². The maximum absolute atomic E-state index is 13.3. The SMILES string of the molecule is COC(=O)c1ccccc1OCCCCCNC(=O)C(Cc1ccc(C2CC(=O)NS2(O)O)c(Cl)c1)NS(=O)(=O)c1ccccc1. The van der Waals surface area contributed by atoms with Crippen molar-refractivity contribution in [1.29, 1.82) is 0 Å². The van der Waals surface area contributed by atoms with Crippen LogP contribution in [0.5, 0.6) is 5.75 Å². The van der Waals surface area contributed by atoms with Gasteiger partial charge in [0.25, 0.3) is 0 Å². The van der Waals surface area contributed by atoms with Crippen molar-refractivity contribution >= 4 is 50.2 Å². The van der Waals surface area contributed by atoms with Gasteiger partial charge < -0.3 is 14.8 Å².